The van der Waals surface area contributed by atoms with Crippen LogP contribution in [0, 0.1) is 5.92 Å². The first-order valence-electron chi connectivity index (χ1n) is 6.97. The second-order valence-electron chi connectivity index (χ2n) is 5.21. The van der Waals surface area contributed by atoms with Gasteiger partial charge in [-0.2, -0.15) is 0 Å². The van der Waals surface area contributed by atoms with E-state index in [1.807, 2.05) is 13.8 Å². The number of carboxylic acids is 1. The van der Waals surface area contributed by atoms with Crippen molar-refractivity contribution in [3.63, 3.8) is 0 Å². The number of nitrogens with one attached hydrogen (secondary N) is 2. The second kappa shape index (κ2) is 8.98. The zero-order chi connectivity index (χ0) is 17.4. The van der Waals surface area contributed by atoms with Crippen molar-refractivity contribution in [1.82, 2.24) is 10.6 Å². The third-order valence-electron chi connectivity index (χ3n) is 3.33. The number of rotatable bonds is 9. The highest BCUT2D eigenvalue weighted by Gasteiger charge is 2.27. The average molecular weight is 316 g/mol. The summed E-state index contributed by atoms with van der Waals surface area (Å²) in [5.74, 6) is -3.54. The van der Waals surface area contributed by atoms with Gasteiger partial charge in [-0.15, -0.1) is 0 Å². The van der Waals surface area contributed by atoms with Crippen LogP contribution in [0.1, 0.15) is 33.6 Å². The number of hydrogen-bond donors (Lipinski definition) is 5. The molecule has 0 saturated heterocycles. The SMILES string of the molecule is CCC(C)C(N)C(=O)NC(C)C(=O)NC(CC(N)=O)C(=O)O. The molecule has 22 heavy (non-hydrogen) atoms. The quantitative estimate of drug-likeness (QED) is 0.340. The van der Waals surface area contributed by atoms with Crippen LogP contribution in [-0.4, -0.2) is 46.9 Å². The molecule has 0 fully saturated rings. The van der Waals surface area contributed by atoms with Crippen molar-refractivity contribution in [3.05, 3.63) is 0 Å². The van der Waals surface area contributed by atoms with Gasteiger partial charge in [0.15, 0.2) is 0 Å². The largest absolute Gasteiger partial charge is 0.480 e. The van der Waals surface area contributed by atoms with Crippen LogP contribution < -0.4 is 22.1 Å². The molecule has 4 unspecified atom stereocenters. The highest BCUT2D eigenvalue weighted by atomic mass is 16.4. The molecule has 0 aromatic heterocycles. The standard InChI is InChI=1S/C13H24N4O5/c1-4-6(2)10(15)12(20)16-7(3)11(19)17-8(13(21)22)5-9(14)18/h6-8,10H,4-5,15H2,1-3H3,(H2,14,18)(H,16,20)(H,17,19)(H,21,22). The third kappa shape index (κ3) is 6.53. The molecule has 7 N–H and O–H groups in total. The lowest BCUT2D eigenvalue weighted by Gasteiger charge is -2.22. The van der Waals surface area contributed by atoms with Gasteiger partial charge >= 0.3 is 5.97 Å². The molecule has 0 rings (SSSR count). The summed E-state index contributed by atoms with van der Waals surface area (Å²) in [6.45, 7) is 5.08. The first-order valence-corrected chi connectivity index (χ1v) is 6.97. The average Bonchev–Trinajstić information content (AvgIpc) is 2.43. The molecule has 9 nitrogen and oxygen atoms in total. The minimum Gasteiger partial charge on any atom is -0.480 e. The fourth-order valence-corrected chi connectivity index (χ4v) is 1.59. The Morgan fingerprint density at radius 1 is 1.09 bits per heavy atom. The van der Waals surface area contributed by atoms with E-state index in [9.17, 15) is 19.2 Å². The minimum absolute atomic E-state index is 0.0584. The molecular weight excluding hydrogens is 292 g/mol. The molecule has 0 heterocycles. The summed E-state index contributed by atoms with van der Waals surface area (Å²) in [4.78, 5) is 45.4. The number of hydrogen-bond acceptors (Lipinski definition) is 5. The number of carbonyl (C=O) groups is 4. The van der Waals surface area contributed by atoms with Crippen molar-refractivity contribution >= 4 is 23.7 Å². The Morgan fingerprint density at radius 3 is 2.05 bits per heavy atom. The van der Waals surface area contributed by atoms with Crippen LogP contribution in [0.2, 0.25) is 0 Å². The number of nitrogens with two attached hydrogens (primary N) is 2. The van der Waals surface area contributed by atoms with Gasteiger partial charge in [-0.25, -0.2) is 4.79 Å². The van der Waals surface area contributed by atoms with Crippen molar-refractivity contribution in [3.8, 4) is 0 Å². The van der Waals surface area contributed by atoms with E-state index in [1.54, 1.807) is 0 Å². The van der Waals surface area contributed by atoms with Gasteiger partial charge in [-0.1, -0.05) is 20.3 Å². The van der Waals surface area contributed by atoms with Crippen molar-refractivity contribution in [1.29, 1.82) is 0 Å². The van der Waals surface area contributed by atoms with Gasteiger partial charge in [0, 0.05) is 0 Å². The monoisotopic (exact) mass is 316 g/mol. The van der Waals surface area contributed by atoms with Crippen LogP contribution in [0.15, 0.2) is 0 Å². The highest BCUT2D eigenvalue weighted by molar-refractivity contribution is 5.92. The van der Waals surface area contributed by atoms with E-state index in [0.29, 0.717) is 6.42 Å². The molecule has 0 aromatic rings. The zero-order valence-electron chi connectivity index (χ0n) is 13.0. The van der Waals surface area contributed by atoms with Gasteiger partial charge in [0.25, 0.3) is 0 Å². The maximum atomic E-state index is 11.9. The Balaban J connectivity index is 4.62. The maximum Gasteiger partial charge on any atom is 0.326 e. The highest BCUT2D eigenvalue weighted by Crippen LogP contribution is 2.05. The van der Waals surface area contributed by atoms with Gasteiger partial charge < -0.3 is 27.2 Å². The molecule has 4 atom stereocenters. The van der Waals surface area contributed by atoms with E-state index in [4.69, 9.17) is 16.6 Å². The lowest BCUT2D eigenvalue weighted by molar-refractivity contribution is -0.143. The first-order chi connectivity index (χ1) is 10.1. The van der Waals surface area contributed by atoms with Crippen LogP contribution in [0.5, 0.6) is 0 Å². The zero-order valence-corrected chi connectivity index (χ0v) is 13.0. The van der Waals surface area contributed by atoms with Crippen molar-refractivity contribution < 1.29 is 24.3 Å². The summed E-state index contributed by atoms with van der Waals surface area (Å²) < 4.78 is 0. The fourth-order valence-electron chi connectivity index (χ4n) is 1.59. The van der Waals surface area contributed by atoms with Crippen molar-refractivity contribution in [2.45, 2.75) is 51.7 Å². The topological polar surface area (TPSA) is 165 Å². The van der Waals surface area contributed by atoms with E-state index in [0.717, 1.165) is 0 Å². The molecule has 9 heteroatoms. The minimum atomic E-state index is -1.44. The summed E-state index contributed by atoms with van der Waals surface area (Å²) in [6, 6.07) is -3.19. The summed E-state index contributed by atoms with van der Waals surface area (Å²) in [7, 11) is 0. The Morgan fingerprint density at radius 2 is 1.64 bits per heavy atom. The van der Waals surface area contributed by atoms with Gasteiger partial charge in [0.05, 0.1) is 12.5 Å². The molecule has 0 bridgehead atoms. The molecule has 0 saturated carbocycles. The molecule has 0 aliphatic carbocycles. The van der Waals surface area contributed by atoms with Crippen LogP contribution in [0.4, 0.5) is 0 Å². The molecule has 0 radical (unpaired) electrons. The van der Waals surface area contributed by atoms with E-state index in [1.165, 1.54) is 6.92 Å². The summed E-state index contributed by atoms with van der Waals surface area (Å²) in [5, 5.41) is 13.4. The van der Waals surface area contributed by atoms with Crippen LogP contribution in [0.25, 0.3) is 0 Å². The van der Waals surface area contributed by atoms with Gasteiger partial charge in [0.2, 0.25) is 17.7 Å². The first kappa shape index (κ1) is 19.8. The Labute approximate surface area is 128 Å². The summed E-state index contributed by atoms with van der Waals surface area (Å²) >= 11 is 0. The molecule has 0 aliphatic heterocycles. The predicted octanol–water partition coefficient (Wildman–Crippen LogP) is -1.69. The molecule has 0 spiro atoms. The predicted molar refractivity (Wildman–Crippen MR) is 78.4 cm³/mol. The van der Waals surface area contributed by atoms with Crippen LogP contribution >= 0.6 is 0 Å². The Bertz CT molecular complexity index is 440. The number of primary amides is 1. The van der Waals surface area contributed by atoms with Gasteiger partial charge in [-0.3, -0.25) is 14.4 Å². The summed E-state index contributed by atoms with van der Waals surface area (Å²) in [6.07, 6.45) is 0.170. The van der Waals surface area contributed by atoms with E-state index in [-0.39, 0.29) is 5.92 Å². The molecule has 0 aliphatic rings. The van der Waals surface area contributed by atoms with E-state index in [2.05, 4.69) is 10.6 Å². The third-order valence-corrected chi connectivity index (χ3v) is 3.33. The molecule has 3 amide bonds. The van der Waals surface area contributed by atoms with Crippen LogP contribution in [-0.2, 0) is 19.2 Å². The Kier molecular flexibility index (Phi) is 8.10. The maximum absolute atomic E-state index is 11.9. The number of carboxylic acid groups (broad SMARTS) is 1. The lowest BCUT2D eigenvalue weighted by Crippen LogP contribution is -2.54. The van der Waals surface area contributed by atoms with Gasteiger partial charge in [0.1, 0.15) is 12.1 Å². The van der Waals surface area contributed by atoms with Crippen LogP contribution in [0.3, 0.4) is 0 Å². The fraction of sp³-hybridized carbons (Fsp3) is 0.692. The molecule has 126 valence electrons. The van der Waals surface area contributed by atoms with Crippen molar-refractivity contribution in [2.24, 2.45) is 17.4 Å². The molecule has 0 aromatic carbocycles. The van der Waals surface area contributed by atoms with E-state index >= 15 is 0 Å². The number of aliphatic carboxylic acids is 1. The summed E-state index contributed by atoms with van der Waals surface area (Å²) in [5.41, 5.74) is 10.6. The Hall–Kier alpha value is -2.16. The number of amides is 3. The second-order valence-corrected chi connectivity index (χ2v) is 5.21. The van der Waals surface area contributed by atoms with E-state index < -0.39 is 48.2 Å². The van der Waals surface area contributed by atoms with Crippen molar-refractivity contribution in [2.75, 3.05) is 0 Å². The smallest absolute Gasteiger partial charge is 0.326 e. The molecular formula is C13H24N4O5. The lowest BCUT2D eigenvalue weighted by atomic mass is 9.99. The van der Waals surface area contributed by atoms with Gasteiger partial charge in [-0.05, 0) is 12.8 Å². The normalized spacial score (nSPS) is 16.0. The number of carbonyl (C=O) groups excluding carboxylic acids is 3.